The standard InChI is InChI=1S/C16H32O2/c1-5-7-9-11-16(12-10-8-6-2)17-13-15(18-16)14(3)4/h14-15H,5-13H2,1-4H3. The van der Waals surface area contributed by atoms with E-state index in [9.17, 15) is 0 Å². The fourth-order valence-electron chi connectivity index (χ4n) is 2.58. The van der Waals surface area contributed by atoms with E-state index in [1.165, 1.54) is 38.5 Å². The molecule has 1 rings (SSSR count). The van der Waals surface area contributed by atoms with E-state index >= 15 is 0 Å². The molecule has 1 saturated heterocycles. The number of hydrogen-bond acceptors (Lipinski definition) is 2. The van der Waals surface area contributed by atoms with Gasteiger partial charge in [0.05, 0.1) is 12.7 Å². The predicted octanol–water partition coefficient (Wildman–Crippen LogP) is 4.91. The normalized spacial score (nSPS) is 22.8. The number of hydrogen-bond donors (Lipinski definition) is 0. The maximum Gasteiger partial charge on any atom is 0.168 e. The Balaban J connectivity index is 2.47. The Morgan fingerprint density at radius 2 is 1.56 bits per heavy atom. The van der Waals surface area contributed by atoms with Crippen LogP contribution in [0.15, 0.2) is 0 Å². The second kappa shape index (κ2) is 8.16. The Labute approximate surface area is 113 Å². The molecular formula is C16H32O2. The van der Waals surface area contributed by atoms with E-state index in [1.54, 1.807) is 0 Å². The summed E-state index contributed by atoms with van der Waals surface area (Å²) >= 11 is 0. The monoisotopic (exact) mass is 256 g/mol. The molecule has 0 N–H and O–H groups in total. The zero-order valence-electron chi connectivity index (χ0n) is 12.8. The average molecular weight is 256 g/mol. The van der Waals surface area contributed by atoms with E-state index in [2.05, 4.69) is 27.7 Å². The summed E-state index contributed by atoms with van der Waals surface area (Å²) in [5, 5.41) is 0. The van der Waals surface area contributed by atoms with E-state index in [0.29, 0.717) is 12.0 Å². The van der Waals surface area contributed by atoms with Crippen molar-refractivity contribution in [2.75, 3.05) is 6.61 Å². The average Bonchev–Trinajstić information content (AvgIpc) is 2.75. The highest BCUT2D eigenvalue weighted by Gasteiger charge is 2.41. The van der Waals surface area contributed by atoms with Crippen LogP contribution in [0.25, 0.3) is 0 Å². The molecule has 1 atom stereocenters. The third kappa shape index (κ3) is 4.89. The Morgan fingerprint density at radius 1 is 1.00 bits per heavy atom. The van der Waals surface area contributed by atoms with Gasteiger partial charge >= 0.3 is 0 Å². The Kier molecular flexibility index (Phi) is 7.25. The van der Waals surface area contributed by atoms with Gasteiger partial charge in [0, 0.05) is 12.8 Å². The van der Waals surface area contributed by atoms with E-state index in [4.69, 9.17) is 9.47 Å². The molecule has 108 valence electrons. The number of unbranched alkanes of at least 4 members (excludes halogenated alkanes) is 4. The molecule has 0 aromatic carbocycles. The molecule has 2 nitrogen and oxygen atoms in total. The van der Waals surface area contributed by atoms with Gasteiger partial charge in [0.1, 0.15) is 0 Å². The first-order valence-electron chi connectivity index (χ1n) is 7.95. The van der Waals surface area contributed by atoms with Crippen LogP contribution in [-0.4, -0.2) is 18.5 Å². The molecule has 0 spiro atoms. The van der Waals surface area contributed by atoms with Crippen LogP contribution in [0.4, 0.5) is 0 Å². The molecule has 1 aliphatic heterocycles. The van der Waals surface area contributed by atoms with Gasteiger partial charge in [0.15, 0.2) is 5.79 Å². The molecule has 0 amide bonds. The van der Waals surface area contributed by atoms with Crippen LogP contribution in [-0.2, 0) is 9.47 Å². The van der Waals surface area contributed by atoms with Crippen molar-refractivity contribution < 1.29 is 9.47 Å². The third-order valence-corrected chi connectivity index (χ3v) is 3.94. The summed E-state index contributed by atoms with van der Waals surface area (Å²) in [6, 6.07) is 0. The lowest BCUT2D eigenvalue weighted by atomic mass is 10.0. The van der Waals surface area contributed by atoms with Crippen molar-refractivity contribution in [3.63, 3.8) is 0 Å². The first kappa shape index (κ1) is 16.0. The van der Waals surface area contributed by atoms with E-state index in [0.717, 1.165) is 19.4 Å². The van der Waals surface area contributed by atoms with Crippen molar-refractivity contribution in [2.24, 2.45) is 5.92 Å². The van der Waals surface area contributed by atoms with Crippen LogP contribution in [0, 0.1) is 5.92 Å². The van der Waals surface area contributed by atoms with Gasteiger partial charge in [-0.3, -0.25) is 0 Å². The Morgan fingerprint density at radius 3 is 1.94 bits per heavy atom. The molecule has 1 unspecified atom stereocenters. The van der Waals surface area contributed by atoms with E-state index in [1.807, 2.05) is 0 Å². The lowest BCUT2D eigenvalue weighted by molar-refractivity contribution is -0.183. The molecule has 0 aromatic heterocycles. The van der Waals surface area contributed by atoms with Crippen molar-refractivity contribution in [1.82, 2.24) is 0 Å². The van der Waals surface area contributed by atoms with E-state index in [-0.39, 0.29) is 5.79 Å². The lowest BCUT2D eigenvalue weighted by Crippen LogP contribution is -2.32. The van der Waals surface area contributed by atoms with Crippen molar-refractivity contribution in [3.05, 3.63) is 0 Å². The Hall–Kier alpha value is -0.0800. The highest BCUT2D eigenvalue weighted by atomic mass is 16.7. The first-order valence-corrected chi connectivity index (χ1v) is 7.95. The zero-order chi connectivity index (χ0) is 13.4. The summed E-state index contributed by atoms with van der Waals surface area (Å²) in [5.74, 6) is 0.309. The van der Waals surface area contributed by atoms with Crippen molar-refractivity contribution in [3.8, 4) is 0 Å². The molecule has 2 heteroatoms. The molecule has 18 heavy (non-hydrogen) atoms. The summed E-state index contributed by atoms with van der Waals surface area (Å²) in [7, 11) is 0. The maximum absolute atomic E-state index is 6.28. The fourth-order valence-corrected chi connectivity index (χ4v) is 2.58. The number of rotatable bonds is 9. The lowest BCUT2D eigenvalue weighted by Gasteiger charge is -2.29. The van der Waals surface area contributed by atoms with Gasteiger partial charge in [-0.1, -0.05) is 53.4 Å². The molecule has 0 radical (unpaired) electrons. The molecule has 0 bridgehead atoms. The van der Waals surface area contributed by atoms with Gasteiger partial charge in [-0.25, -0.2) is 0 Å². The van der Waals surface area contributed by atoms with Gasteiger partial charge < -0.3 is 9.47 Å². The second-order valence-corrected chi connectivity index (χ2v) is 6.04. The van der Waals surface area contributed by atoms with Gasteiger partial charge in [-0.15, -0.1) is 0 Å². The SMILES string of the molecule is CCCCCC1(CCCCC)OCC(C(C)C)O1. The fraction of sp³-hybridized carbons (Fsp3) is 1.00. The van der Waals surface area contributed by atoms with Crippen molar-refractivity contribution in [1.29, 1.82) is 0 Å². The quantitative estimate of drug-likeness (QED) is 0.545. The maximum atomic E-state index is 6.28. The van der Waals surface area contributed by atoms with Gasteiger partial charge in [-0.2, -0.15) is 0 Å². The largest absolute Gasteiger partial charge is 0.347 e. The van der Waals surface area contributed by atoms with Gasteiger partial charge in [0.25, 0.3) is 0 Å². The predicted molar refractivity (Wildman–Crippen MR) is 76.7 cm³/mol. The van der Waals surface area contributed by atoms with Crippen LogP contribution in [0.5, 0.6) is 0 Å². The van der Waals surface area contributed by atoms with Gasteiger partial charge in [0.2, 0.25) is 0 Å². The van der Waals surface area contributed by atoms with Crippen LogP contribution in [0.3, 0.4) is 0 Å². The number of ether oxygens (including phenoxy) is 2. The second-order valence-electron chi connectivity index (χ2n) is 6.04. The zero-order valence-corrected chi connectivity index (χ0v) is 12.8. The molecule has 1 fully saturated rings. The topological polar surface area (TPSA) is 18.5 Å². The molecule has 0 aliphatic carbocycles. The molecule has 0 aromatic rings. The third-order valence-electron chi connectivity index (χ3n) is 3.94. The minimum absolute atomic E-state index is 0.251. The smallest absolute Gasteiger partial charge is 0.168 e. The minimum Gasteiger partial charge on any atom is -0.347 e. The van der Waals surface area contributed by atoms with E-state index < -0.39 is 0 Å². The molecule has 1 heterocycles. The molecule has 0 saturated carbocycles. The van der Waals surface area contributed by atoms with Crippen molar-refractivity contribution in [2.45, 2.75) is 91.0 Å². The summed E-state index contributed by atoms with van der Waals surface area (Å²) in [4.78, 5) is 0. The highest BCUT2D eigenvalue weighted by Crippen LogP contribution is 2.36. The summed E-state index contributed by atoms with van der Waals surface area (Å²) in [6.07, 6.45) is 10.0. The summed E-state index contributed by atoms with van der Waals surface area (Å²) in [5.41, 5.74) is 0. The van der Waals surface area contributed by atoms with Crippen LogP contribution in [0.1, 0.15) is 79.1 Å². The molecular weight excluding hydrogens is 224 g/mol. The van der Waals surface area contributed by atoms with Crippen LogP contribution in [0.2, 0.25) is 0 Å². The summed E-state index contributed by atoms with van der Waals surface area (Å²) < 4.78 is 12.4. The molecule has 1 aliphatic rings. The van der Waals surface area contributed by atoms with Crippen molar-refractivity contribution >= 4 is 0 Å². The Bertz CT molecular complexity index is 203. The minimum atomic E-state index is -0.251. The van der Waals surface area contributed by atoms with Crippen LogP contribution >= 0.6 is 0 Å². The first-order chi connectivity index (χ1) is 8.63. The summed E-state index contributed by atoms with van der Waals surface area (Å²) in [6.45, 7) is 9.73. The highest BCUT2D eigenvalue weighted by molar-refractivity contribution is 4.80. The van der Waals surface area contributed by atoms with Gasteiger partial charge in [-0.05, 0) is 18.8 Å². The van der Waals surface area contributed by atoms with Crippen LogP contribution < -0.4 is 0 Å².